The monoisotopic (exact) mass is 869 g/mol. The third-order valence-electron chi connectivity index (χ3n) is 9.09. The fourth-order valence-electron chi connectivity index (χ4n) is 5.14. The van der Waals surface area contributed by atoms with E-state index in [0.29, 0.717) is 39.1 Å². The number of amides is 1. The zero-order chi connectivity index (χ0) is 48.0. The maximum atomic E-state index is 12.5. The molecule has 0 fully saturated rings. The molecule has 61 heavy (non-hydrogen) atoms. The number of carboxylic acids is 3. The number of nitrogens with zero attached hydrogens (tertiary/aromatic N) is 3. The lowest BCUT2D eigenvalue weighted by molar-refractivity contribution is -0.144. The number of aliphatic hydroxyl groups is 1. The summed E-state index contributed by atoms with van der Waals surface area (Å²) in [6.45, 7) is 20.7. The van der Waals surface area contributed by atoms with E-state index in [1.807, 2.05) is 61.8 Å². The van der Waals surface area contributed by atoms with E-state index in [9.17, 15) is 29.1 Å². The van der Waals surface area contributed by atoms with Crippen LogP contribution < -0.4 is 16.8 Å². The number of nitrogens with two attached hydrogens (primary N) is 2. The molecule has 0 heterocycles. The molecule has 0 aliphatic carbocycles. The van der Waals surface area contributed by atoms with E-state index in [-0.39, 0.29) is 31.7 Å². The summed E-state index contributed by atoms with van der Waals surface area (Å²) in [7, 11) is 2.62. The fraction of sp³-hybridized carbons (Fsp3) is 0.696. The van der Waals surface area contributed by atoms with Crippen LogP contribution in [0, 0.1) is 5.92 Å². The van der Waals surface area contributed by atoms with Crippen LogP contribution in [0.15, 0.2) is 34.8 Å². The number of unbranched alkanes of at least 4 members (excludes halogenated alkanes) is 3. The number of carbonyl (C=O) groups excluding carboxylic acids is 2. The van der Waals surface area contributed by atoms with Gasteiger partial charge in [-0.3, -0.25) is 34.0 Å². The second-order valence-corrected chi connectivity index (χ2v) is 14.2. The summed E-state index contributed by atoms with van der Waals surface area (Å²) in [5.41, 5.74) is 14.7. The fourth-order valence-corrected chi connectivity index (χ4v) is 5.14. The summed E-state index contributed by atoms with van der Waals surface area (Å²) in [6.07, 6.45) is 14.2. The van der Waals surface area contributed by atoms with Crippen LogP contribution in [0.2, 0.25) is 0 Å². The molecule has 0 aromatic heterocycles. The number of allylic oxidation sites excluding steroid dienone is 1. The maximum Gasteiger partial charge on any atom is 0.320 e. The standard InChI is InChI=1S/C27H44N4O5.C10H22.C3H6O2.C3H6O.C2H6N2.CH4O/c1-5-14-30(19-25(33)34)16-17-31(15-6-2)23(27(35)36)12-13-24(32)29-18-21-8-10-22(11-9-21)26(28)20(4)7-3;1-4-6-7-8-9-10(3)5-2;1-2-3(4)5;1-2-3-4;1-4-2-3;1-2/h8-11,23H,5-7,12-19,28H2,1-4H3,(H,29,32)(H,33,34)(H,35,36);10H,4-9H2,1-3H3;2H2,1H3,(H,4,5);3H,2H2,1H3;2H,1H3,(H2,3,4);2H,1H3/b26-20+;;;;;. The van der Waals surface area contributed by atoms with Crippen LogP contribution in [0.4, 0.5) is 0 Å². The molecule has 2 unspecified atom stereocenters. The Morgan fingerprint density at radius 2 is 1.34 bits per heavy atom. The van der Waals surface area contributed by atoms with Crippen molar-refractivity contribution >= 4 is 42.1 Å². The Bertz CT molecular complexity index is 1270. The third-order valence-corrected chi connectivity index (χ3v) is 9.09. The minimum absolute atomic E-state index is 0.0734. The Labute approximate surface area is 369 Å². The average molecular weight is 869 g/mol. The minimum Gasteiger partial charge on any atom is -0.481 e. The van der Waals surface area contributed by atoms with Crippen molar-refractivity contribution in [3.8, 4) is 0 Å². The summed E-state index contributed by atoms with van der Waals surface area (Å²) in [6, 6.07) is 6.91. The number of hydrogen-bond acceptors (Lipinski definition) is 10. The van der Waals surface area contributed by atoms with Gasteiger partial charge in [0.05, 0.1) is 12.9 Å². The van der Waals surface area contributed by atoms with Gasteiger partial charge in [0.15, 0.2) is 0 Å². The number of rotatable bonds is 26. The molecule has 1 aromatic carbocycles. The summed E-state index contributed by atoms with van der Waals surface area (Å²) >= 11 is 0. The van der Waals surface area contributed by atoms with Gasteiger partial charge in [0.25, 0.3) is 0 Å². The van der Waals surface area contributed by atoms with Gasteiger partial charge in [-0.1, -0.05) is 124 Å². The number of nitrogens with one attached hydrogen (secondary N) is 1. The predicted octanol–water partition coefficient (Wildman–Crippen LogP) is 7.44. The van der Waals surface area contributed by atoms with Crippen molar-refractivity contribution in [3.05, 3.63) is 41.0 Å². The van der Waals surface area contributed by atoms with Crippen LogP contribution in [-0.4, -0.2) is 120 Å². The van der Waals surface area contributed by atoms with Crippen LogP contribution in [0.1, 0.15) is 157 Å². The number of aldehydes is 1. The molecule has 0 aliphatic heterocycles. The predicted molar refractivity (Wildman–Crippen MR) is 251 cm³/mol. The topological polar surface area (TPSA) is 249 Å². The van der Waals surface area contributed by atoms with Gasteiger partial charge < -0.3 is 42.0 Å². The molecule has 9 N–H and O–H groups in total. The van der Waals surface area contributed by atoms with Gasteiger partial charge >= 0.3 is 17.9 Å². The first-order valence-corrected chi connectivity index (χ1v) is 22.0. The third kappa shape index (κ3) is 43.6. The molecule has 2 atom stereocenters. The van der Waals surface area contributed by atoms with E-state index in [1.165, 1.54) is 44.9 Å². The zero-order valence-electron chi connectivity index (χ0n) is 39.9. The number of benzene rings is 1. The van der Waals surface area contributed by atoms with Crippen LogP contribution in [-0.2, 0) is 30.5 Å². The van der Waals surface area contributed by atoms with E-state index >= 15 is 0 Å². The molecule has 1 amide bonds. The van der Waals surface area contributed by atoms with Crippen molar-refractivity contribution in [2.24, 2.45) is 22.4 Å². The number of carbonyl (C=O) groups is 5. The Balaban J connectivity index is -0.000000338. The van der Waals surface area contributed by atoms with Crippen LogP contribution in [0.5, 0.6) is 0 Å². The minimum atomic E-state index is -0.972. The lowest BCUT2D eigenvalue weighted by Gasteiger charge is -2.31. The van der Waals surface area contributed by atoms with Gasteiger partial charge in [0, 0.05) is 58.8 Å². The van der Waals surface area contributed by atoms with E-state index < -0.39 is 23.9 Å². The van der Waals surface area contributed by atoms with E-state index in [1.54, 1.807) is 14.0 Å². The summed E-state index contributed by atoms with van der Waals surface area (Å²) in [4.78, 5) is 61.2. The van der Waals surface area contributed by atoms with Gasteiger partial charge in [0.2, 0.25) is 5.91 Å². The first-order valence-electron chi connectivity index (χ1n) is 22.0. The van der Waals surface area contributed by atoms with Crippen molar-refractivity contribution in [2.45, 2.75) is 158 Å². The summed E-state index contributed by atoms with van der Waals surface area (Å²) < 4.78 is 0. The van der Waals surface area contributed by atoms with Crippen molar-refractivity contribution in [1.29, 1.82) is 0 Å². The molecule has 1 aromatic rings. The van der Waals surface area contributed by atoms with Crippen LogP contribution >= 0.6 is 0 Å². The number of hydrogen-bond donors (Lipinski definition) is 7. The van der Waals surface area contributed by atoms with Gasteiger partial charge in [-0.2, -0.15) is 0 Å². The number of aliphatic hydroxyl groups excluding tert-OH is 1. The Morgan fingerprint density at radius 1 is 0.803 bits per heavy atom. The van der Waals surface area contributed by atoms with Crippen molar-refractivity contribution < 1.29 is 44.4 Å². The van der Waals surface area contributed by atoms with Crippen LogP contribution in [0.25, 0.3) is 5.70 Å². The van der Waals surface area contributed by atoms with Gasteiger partial charge in [-0.15, -0.1) is 0 Å². The highest BCUT2D eigenvalue weighted by Crippen LogP contribution is 2.17. The van der Waals surface area contributed by atoms with Gasteiger partial charge in [0.1, 0.15) is 12.3 Å². The molecule has 1 rings (SSSR count). The lowest BCUT2D eigenvalue weighted by Crippen LogP contribution is -2.46. The normalized spacial score (nSPS) is 11.6. The maximum absolute atomic E-state index is 12.5. The second kappa shape index (κ2) is 48.3. The Kier molecular flexibility index (Phi) is 52.1. The Morgan fingerprint density at radius 3 is 1.74 bits per heavy atom. The smallest absolute Gasteiger partial charge is 0.320 e. The quantitative estimate of drug-likeness (QED) is 0.0207. The molecule has 0 aliphatic rings. The number of aliphatic imine (C=N–C) groups is 1. The zero-order valence-corrected chi connectivity index (χ0v) is 39.9. The molecular weight excluding hydrogens is 781 g/mol. The molecule has 15 heteroatoms. The SMILES string of the molecule is CCC(=O)O.CCC=O.CCCCCCC(C)CC.CCCN(CCN(CCC)C(CCC(=O)NCc1ccc(/C(N)=C(/C)CC)cc1)C(=O)O)CC(=O)O.CN=CN.CO. The summed E-state index contributed by atoms with van der Waals surface area (Å²) in [5, 5.41) is 36.6. The van der Waals surface area contributed by atoms with Gasteiger partial charge in [-0.05, 0) is 62.7 Å². The number of aliphatic carboxylic acids is 3. The molecule has 356 valence electrons. The first kappa shape index (κ1) is 65.8. The largest absolute Gasteiger partial charge is 0.481 e. The highest BCUT2D eigenvalue weighted by atomic mass is 16.4. The van der Waals surface area contributed by atoms with E-state index in [4.69, 9.17) is 26.8 Å². The molecule has 0 bridgehead atoms. The second-order valence-electron chi connectivity index (χ2n) is 14.2. The highest BCUT2D eigenvalue weighted by Gasteiger charge is 2.26. The van der Waals surface area contributed by atoms with E-state index in [2.05, 4.69) is 38.0 Å². The Hall–Kier alpha value is -4.34. The molecule has 0 radical (unpaired) electrons. The summed E-state index contributed by atoms with van der Waals surface area (Å²) in [5.74, 6) is -1.87. The lowest BCUT2D eigenvalue weighted by atomic mass is 10.0. The first-order chi connectivity index (χ1) is 29.0. The van der Waals surface area contributed by atoms with E-state index in [0.717, 1.165) is 61.0 Å². The molecule has 0 spiro atoms. The van der Waals surface area contributed by atoms with Crippen LogP contribution in [0.3, 0.4) is 0 Å². The molecule has 0 saturated heterocycles. The van der Waals surface area contributed by atoms with Crippen molar-refractivity contribution in [3.63, 3.8) is 0 Å². The van der Waals surface area contributed by atoms with Crippen molar-refractivity contribution in [1.82, 2.24) is 15.1 Å². The van der Waals surface area contributed by atoms with Gasteiger partial charge in [-0.25, -0.2) is 0 Å². The molecule has 0 saturated carbocycles. The average Bonchev–Trinajstić information content (AvgIpc) is 3.26. The molecular formula is C46H88N6O9. The van der Waals surface area contributed by atoms with Crippen molar-refractivity contribution in [2.75, 3.05) is 46.9 Å². The number of carboxylic acid groups (broad SMARTS) is 3. The molecule has 15 nitrogen and oxygen atoms in total. The highest BCUT2D eigenvalue weighted by molar-refractivity contribution is 5.78.